The SMILES string of the molecule is Cc1ccc(S(N)(=O)=O)nc1OCCC[C@@H]1CN(C(=O)OC(C)(C)C)C(C)(C)C1. The second-order valence-electron chi connectivity index (χ2n) is 9.28. The van der Waals surface area contributed by atoms with Gasteiger partial charge in [-0.2, -0.15) is 0 Å². The standard InChI is InChI=1S/C20H33N3O5S/c1-14-9-10-16(29(21,25)26)22-17(14)27-11-7-8-15-12-20(5,6)23(13-15)18(24)28-19(2,3)4/h9-10,15H,7-8,11-13H2,1-6H3,(H2,21,25,26)/t15-/m0/s1. The molecule has 1 aliphatic heterocycles. The van der Waals surface area contributed by atoms with Gasteiger partial charge in [0, 0.05) is 17.6 Å². The van der Waals surface area contributed by atoms with E-state index in [4.69, 9.17) is 14.6 Å². The van der Waals surface area contributed by atoms with Crippen molar-refractivity contribution in [3.63, 3.8) is 0 Å². The van der Waals surface area contributed by atoms with Crippen molar-refractivity contribution in [3.05, 3.63) is 17.7 Å². The molecular weight excluding hydrogens is 394 g/mol. The zero-order valence-corrected chi connectivity index (χ0v) is 19.0. The summed E-state index contributed by atoms with van der Waals surface area (Å²) in [5.74, 6) is 0.629. The third-order valence-corrected chi connectivity index (χ3v) is 5.70. The molecule has 9 heteroatoms. The average molecular weight is 428 g/mol. The van der Waals surface area contributed by atoms with Gasteiger partial charge in [0.05, 0.1) is 6.61 Å². The fourth-order valence-electron chi connectivity index (χ4n) is 3.56. The van der Waals surface area contributed by atoms with E-state index in [-0.39, 0.29) is 22.5 Å². The Bertz CT molecular complexity index is 846. The first kappa shape index (κ1) is 23.4. The van der Waals surface area contributed by atoms with Gasteiger partial charge >= 0.3 is 6.09 Å². The molecule has 1 saturated heterocycles. The second kappa shape index (κ2) is 8.47. The van der Waals surface area contributed by atoms with E-state index >= 15 is 0 Å². The molecule has 164 valence electrons. The summed E-state index contributed by atoms with van der Waals surface area (Å²) >= 11 is 0. The van der Waals surface area contributed by atoms with Crippen LogP contribution >= 0.6 is 0 Å². The van der Waals surface area contributed by atoms with Crippen LogP contribution in [0.5, 0.6) is 5.88 Å². The molecular formula is C20H33N3O5S. The summed E-state index contributed by atoms with van der Waals surface area (Å²) in [6, 6.07) is 2.99. The molecule has 0 aliphatic carbocycles. The zero-order chi connectivity index (χ0) is 22.0. The molecule has 1 aromatic heterocycles. The van der Waals surface area contributed by atoms with Crippen molar-refractivity contribution in [1.29, 1.82) is 0 Å². The first-order valence-electron chi connectivity index (χ1n) is 9.83. The molecule has 0 unspecified atom stereocenters. The lowest BCUT2D eigenvalue weighted by Crippen LogP contribution is -2.45. The minimum atomic E-state index is -3.87. The Kier molecular flexibility index (Phi) is 6.84. The van der Waals surface area contributed by atoms with E-state index in [0.717, 1.165) is 24.8 Å². The molecule has 2 N–H and O–H groups in total. The van der Waals surface area contributed by atoms with Gasteiger partial charge in [-0.15, -0.1) is 0 Å². The zero-order valence-electron chi connectivity index (χ0n) is 18.2. The first-order valence-corrected chi connectivity index (χ1v) is 11.4. The maximum atomic E-state index is 12.5. The van der Waals surface area contributed by atoms with E-state index in [1.54, 1.807) is 13.0 Å². The van der Waals surface area contributed by atoms with Crippen molar-refractivity contribution in [2.24, 2.45) is 11.1 Å². The summed E-state index contributed by atoms with van der Waals surface area (Å²) in [4.78, 5) is 18.3. The van der Waals surface area contributed by atoms with E-state index in [2.05, 4.69) is 18.8 Å². The van der Waals surface area contributed by atoms with Crippen molar-refractivity contribution >= 4 is 16.1 Å². The molecule has 1 amide bonds. The highest BCUT2D eigenvalue weighted by Gasteiger charge is 2.42. The lowest BCUT2D eigenvalue weighted by atomic mass is 9.93. The van der Waals surface area contributed by atoms with Gasteiger partial charge in [-0.3, -0.25) is 0 Å². The maximum absolute atomic E-state index is 12.5. The number of hydrogen-bond donors (Lipinski definition) is 1. The summed E-state index contributed by atoms with van der Waals surface area (Å²) in [5, 5.41) is 4.92. The van der Waals surface area contributed by atoms with Crippen molar-refractivity contribution < 1.29 is 22.7 Å². The number of hydrogen-bond acceptors (Lipinski definition) is 6. The Labute approximate surface area is 173 Å². The van der Waals surface area contributed by atoms with Crippen LogP contribution in [-0.2, 0) is 14.8 Å². The van der Waals surface area contributed by atoms with Crippen molar-refractivity contribution in [2.75, 3.05) is 13.2 Å². The second-order valence-corrected chi connectivity index (χ2v) is 10.8. The smallest absolute Gasteiger partial charge is 0.410 e. The number of ether oxygens (including phenoxy) is 2. The number of nitrogens with zero attached hydrogens (tertiary/aromatic N) is 2. The Balaban J connectivity index is 1.88. The van der Waals surface area contributed by atoms with Gasteiger partial charge < -0.3 is 14.4 Å². The molecule has 29 heavy (non-hydrogen) atoms. The number of rotatable bonds is 6. The highest BCUT2D eigenvalue weighted by atomic mass is 32.2. The van der Waals surface area contributed by atoms with Crippen molar-refractivity contribution in [3.8, 4) is 5.88 Å². The number of pyridine rings is 1. The lowest BCUT2D eigenvalue weighted by molar-refractivity contribution is 0.0130. The number of carbonyl (C=O) groups excluding carboxylic acids is 1. The molecule has 1 aliphatic rings. The molecule has 1 atom stereocenters. The number of aromatic nitrogens is 1. The summed E-state index contributed by atoms with van der Waals surface area (Å²) in [6.45, 7) is 12.6. The normalized spacial score (nSPS) is 19.3. The van der Waals surface area contributed by atoms with Gasteiger partial charge in [0.1, 0.15) is 5.60 Å². The van der Waals surface area contributed by atoms with E-state index in [1.165, 1.54) is 6.07 Å². The number of nitrogens with two attached hydrogens (primary N) is 1. The largest absolute Gasteiger partial charge is 0.477 e. The van der Waals surface area contributed by atoms with Gasteiger partial charge in [0.2, 0.25) is 5.88 Å². The fraction of sp³-hybridized carbons (Fsp3) is 0.700. The van der Waals surface area contributed by atoms with Crippen LogP contribution in [0.15, 0.2) is 17.2 Å². The Morgan fingerprint density at radius 1 is 1.34 bits per heavy atom. The molecule has 0 spiro atoms. The predicted octanol–water partition coefficient (Wildman–Crippen LogP) is 3.23. The Morgan fingerprint density at radius 3 is 2.59 bits per heavy atom. The number of amides is 1. The Hall–Kier alpha value is -1.87. The minimum absolute atomic E-state index is 0.205. The van der Waals surface area contributed by atoms with E-state index in [9.17, 15) is 13.2 Å². The topological polar surface area (TPSA) is 112 Å². The molecule has 2 rings (SSSR count). The quantitative estimate of drug-likeness (QED) is 0.698. The summed E-state index contributed by atoms with van der Waals surface area (Å²) in [6.07, 6.45) is 2.27. The van der Waals surface area contributed by atoms with Gasteiger partial charge in [0.25, 0.3) is 10.0 Å². The number of likely N-dealkylation sites (tertiary alicyclic amines) is 1. The fourth-order valence-corrected chi connectivity index (χ4v) is 4.02. The molecule has 0 radical (unpaired) electrons. The van der Waals surface area contributed by atoms with Crippen molar-refractivity contribution in [2.45, 2.75) is 77.0 Å². The molecule has 2 heterocycles. The van der Waals surface area contributed by atoms with Crippen LogP contribution in [0.4, 0.5) is 4.79 Å². The van der Waals surface area contributed by atoms with Crippen LogP contribution in [-0.4, -0.2) is 48.7 Å². The number of carbonyl (C=O) groups is 1. The van der Waals surface area contributed by atoms with Crippen LogP contribution in [0.3, 0.4) is 0 Å². The number of sulfonamides is 1. The van der Waals surface area contributed by atoms with E-state index < -0.39 is 15.6 Å². The highest BCUT2D eigenvalue weighted by molar-refractivity contribution is 7.89. The third-order valence-electron chi connectivity index (χ3n) is 4.89. The summed E-state index contributed by atoms with van der Waals surface area (Å²) in [5.41, 5.74) is -0.0267. The summed E-state index contributed by atoms with van der Waals surface area (Å²) < 4.78 is 34.1. The minimum Gasteiger partial charge on any atom is -0.477 e. The Morgan fingerprint density at radius 2 is 2.00 bits per heavy atom. The lowest BCUT2D eigenvalue weighted by Gasteiger charge is -2.33. The van der Waals surface area contributed by atoms with Gasteiger partial charge in [-0.25, -0.2) is 23.3 Å². The summed E-state index contributed by atoms with van der Waals surface area (Å²) in [7, 11) is -3.87. The molecule has 8 nitrogen and oxygen atoms in total. The third kappa shape index (κ3) is 6.57. The monoisotopic (exact) mass is 427 g/mol. The van der Waals surface area contributed by atoms with Crippen LogP contribution in [0.1, 0.15) is 59.4 Å². The van der Waals surface area contributed by atoms with Crippen LogP contribution in [0.2, 0.25) is 0 Å². The highest BCUT2D eigenvalue weighted by Crippen LogP contribution is 2.36. The molecule has 0 aromatic carbocycles. The maximum Gasteiger partial charge on any atom is 0.410 e. The van der Waals surface area contributed by atoms with Gasteiger partial charge in [-0.1, -0.05) is 6.07 Å². The molecule has 1 aromatic rings. The number of primary sulfonamides is 1. The van der Waals surface area contributed by atoms with Crippen LogP contribution < -0.4 is 9.88 Å². The average Bonchev–Trinajstić information content (AvgIpc) is 2.85. The first-order chi connectivity index (χ1) is 13.2. The van der Waals surface area contributed by atoms with Crippen molar-refractivity contribution in [1.82, 2.24) is 9.88 Å². The molecule has 0 saturated carbocycles. The number of aryl methyl sites for hydroxylation is 1. The molecule has 1 fully saturated rings. The van der Waals surface area contributed by atoms with Gasteiger partial charge in [-0.05, 0) is 72.8 Å². The van der Waals surface area contributed by atoms with Crippen LogP contribution in [0, 0.1) is 12.8 Å². The molecule has 0 bridgehead atoms. The van der Waals surface area contributed by atoms with E-state index in [1.807, 2.05) is 25.7 Å². The predicted molar refractivity (Wildman–Crippen MR) is 110 cm³/mol. The van der Waals surface area contributed by atoms with Crippen LogP contribution in [0.25, 0.3) is 0 Å². The van der Waals surface area contributed by atoms with Gasteiger partial charge in [0.15, 0.2) is 5.03 Å². The van der Waals surface area contributed by atoms with E-state index in [0.29, 0.717) is 19.1 Å².